The number of benzene rings is 1. The van der Waals surface area contributed by atoms with Gasteiger partial charge in [-0.25, -0.2) is 0 Å². The van der Waals surface area contributed by atoms with Crippen LogP contribution in [0.4, 0.5) is 0 Å². The van der Waals surface area contributed by atoms with E-state index in [4.69, 9.17) is 10.5 Å². The second kappa shape index (κ2) is 6.74. The van der Waals surface area contributed by atoms with Gasteiger partial charge < -0.3 is 10.5 Å². The van der Waals surface area contributed by atoms with E-state index in [2.05, 4.69) is 42.3 Å². The van der Waals surface area contributed by atoms with Crippen molar-refractivity contribution in [3.05, 3.63) is 59.3 Å². The Morgan fingerprint density at radius 2 is 2.12 bits per heavy atom. The van der Waals surface area contributed by atoms with Crippen molar-refractivity contribution >= 4 is 11.6 Å². The second-order valence-electron chi connectivity index (χ2n) is 5.78. The first-order valence-corrected chi connectivity index (χ1v) is 8.06. The maximum Gasteiger partial charge on any atom is 0.165 e. The van der Waals surface area contributed by atoms with Crippen LogP contribution in [-0.4, -0.2) is 21.9 Å². The van der Waals surface area contributed by atoms with Gasteiger partial charge in [0.2, 0.25) is 0 Å². The first-order valence-electron chi connectivity index (χ1n) is 8.06. The molecule has 0 bridgehead atoms. The molecule has 0 saturated carbocycles. The van der Waals surface area contributed by atoms with E-state index in [-0.39, 0.29) is 0 Å². The molecule has 1 aromatic heterocycles. The van der Waals surface area contributed by atoms with Crippen molar-refractivity contribution in [2.24, 2.45) is 5.73 Å². The number of nitrogens with zero attached hydrogens (tertiary/aromatic N) is 3. The molecule has 0 aliphatic heterocycles. The normalized spacial score (nSPS) is 14.1. The Kier molecular flexibility index (Phi) is 4.51. The minimum atomic E-state index is 0.692. The number of hydrogen-bond donors (Lipinski definition) is 1. The van der Waals surface area contributed by atoms with Gasteiger partial charge in [0.05, 0.1) is 12.8 Å². The monoisotopic (exact) mass is 322 g/mol. The highest BCUT2D eigenvalue weighted by Gasteiger charge is 2.22. The Bertz CT molecular complexity index is 821. The molecule has 0 saturated heterocycles. The van der Waals surface area contributed by atoms with Gasteiger partial charge in [-0.3, -0.25) is 4.57 Å². The molecular formula is C19H22N4O. The molecule has 1 aromatic carbocycles. The van der Waals surface area contributed by atoms with Gasteiger partial charge in [0.15, 0.2) is 11.6 Å². The van der Waals surface area contributed by atoms with E-state index in [0.717, 1.165) is 35.7 Å². The van der Waals surface area contributed by atoms with E-state index in [1.807, 2.05) is 16.7 Å². The molecular weight excluding hydrogens is 300 g/mol. The van der Waals surface area contributed by atoms with E-state index in [9.17, 15) is 0 Å². The standard InChI is InChI=1S/C19H22N4O/c1-4-14-6-5-7-16(24-3)18(14)23-17(10-11-20)21-22-19(23)15-9-8-13(2)12-15/h5-11H,4,12,20H2,1-3H3/b11-10+. The summed E-state index contributed by atoms with van der Waals surface area (Å²) in [5, 5.41) is 8.76. The van der Waals surface area contributed by atoms with Crippen LogP contribution in [0.25, 0.3) is 17.3 Å². The van der Waals surface area contributed by atoms with Crippen LogP contribution in [0.3, 0.4) is 0 Å². The van der Waals surface area contributed by atoms with Crippen LogP contribution < -0.4 is 10.5 Å². The van der Waals surface area contributed by atoms with E-state index < -0.39 is 0 Å². The summed E-state index contributed by atoms with van der Waals surface area (Å²) in [5.41, 5.74) is 10.2. The third kappa shape index (κ3) is 2.73. The van der Waals surface area contributed by atoms with Crippen LogP contribution in [-0.2, 0) is 6.42 Å². The molecule has 1 aliphatic rings. The summed E-state index contributed by atoms with van der Waals surface area (Å²) < 4.78 is 7.66. The molecule has 5 heteroatoms. The molecule has 0 atom stereocenters. The average Bonchev–Trinajstić information content (AvgIpc) is 3.20. The summed E-state index contributed by atoms with van der Waals surface area (Å²) in [7, 11) is 1.68. The van der Waals surface area contributed by atoms with Crippen LogP contribution in [0.2, 0.25) is 0 Å². The summed E-state index contributed by atoms with van der Waals surface area (Å²) in [4.78, 5) is 0. The quantitative estimate of drug-likeness (QED) is 0.915. The largest absolute Gasteiger partial charge is 0.495 e. The molecule has 24 heavy (non-hydrogen) atoms. The summed E-state index contributed by atoms with van der Waals surface area (Å²) in [6, 6.07) is 6.06. The van der Waals surface area contributed by atoms with Crippen molar-refractivity contribution < 1.29 is 4.74 Å². The van der Waals surface area contributed by atoms with E-state index in [1.165, 1.54) is 17.3 Å². The first-order chi connectivity index (χ1) is 11.7. The maximum atomic E-state index is 5.62. The number of nitrogens with two attached hydrogens (primary N) is 1. The topological polar surface area (TPSA) is 66.0 Å². The fraction of sp³-hybridized carbons (Fsp3) is 0.263. The molecule has 2 aromatic rings. The fourth-order valence-electron chi connectivity index (χ4n) is 3.01. The highest BCUT2D eigenvalue weighted by Crippen LogP contribution is 2.34. The number of rotatable bonds is 5. The number of aromatic nitrogens is 3. The van der Waals surface area contributed by atoms with Gasteiger partial charge in [-0.05, 0) is 43.7 Å². The molecule has 0 spiro atoms. The Labute approximate surface area is 142 Å². The first kappa shape index (κ1) is 16.1. The number of hydrogen-bond acceptors (Lipinski definition) is 4. The van der Waals surface area contributed by atoms with E-state index >= 15 is 0 Å². The van der Waals surface area contributed by atoms with Gasteiger partial charge in [0, 0.05) is 5.57 Å². The lowest BCUT2D eigenvalue weighted by Gasteiger charge is -2.17. The summed E-state index contributed by atoms with van der Waals surface area (Å²) in [6.07, 6.45) is 9.23. The van der Waals surface area contributed by atoms with Gasteiger partial charge in [-0.2, -0.15) is 0 Å². The van der Waals surface area contributed by atoms with Gasteiger partial charge in [-0.15, -0.1) is 10.2 Å². The van der Waals surface area contributed by atoms with Gasteiger partial charge in [0.1, 0.15) is 5.75 Å². The SMILES string of the molecule is CCc1cccc(OC)c1-n1c(/C=C/N)nnc1C1=CC=C(C)C1. The fourth-order valence-corrected chi connectivity index (χ4v) is 3.01. The van der Waals surface area contributed by atoms with Crippen LogP contribution in [0.1, 0.15) is 37.5 Å². The zero-order chi connectivity index (χ0) is 17.1. The summed E-state index contributed by atoms with van der Waals surface area (Å²) in [5.74, 6) is 2.32. The molecule has 5 nitrogen and oxygen atoms in total. The number of para-hydroxylation sites is 1. The van der Waals surface area contributed by atoms with E-state index in [0.29, 0.717) is 5.82 Å². The van der Waals surface area contributed by atoms with Crippen LogP contribution in [0.15, 0.2) is 42.1 Å². The molecule has 124 valence electrons. The van der Waals surface area contributed by atoms with Crippen LogP contribution in [0.5, 0.6) is 5.75 Å². The Balaban J connectivity index is 2.26. The Morgan fingerprint density at radius 1 is 1.29 bits per heavy atom. The molecule has 1 aliphatic carbocycles. The van der Waals surface area contributed by atoms with Gasteiger partial charge in [-0.1, -0.05) is 36.8 Å². The lowest BCUT2D eigenvalue weighted by Crippen LogP contribution is -2.08. The number of allylic oxidation sites excluding steroid dienone is 4. The van der Waals surface area contributed by atoms with Crippen molar-refractivity contribution in [1.29, 1.82) is 0 Å². The van der Waals surface area contributed by atoms with Crippen LogP contribution in [0, 0.1) is 0 Å². The minimum Gasteiger partial charge on any atom is -0.495 e. The highest BCUT2D eigenvalue weighted by molar-refractivity contribution is 5.71. The summed E-state index contributed by atoms with van der Waals surface area (Å²) in [6.45, 7) is 4.24. The number of methoxy groups -OCH3 is 1. The zero-order valence-corrected chi connectivity index (χ0v) is 14.3. The third-order valence-corrected chi connectivity index (χ3v) is 4.17. The van der Waals surface area contributed by atoms with Crippen molar-refractivity contribution in [3.63, 3.8) is 0 Å². The lowest BCUT2D eigenvalue weighted by molar-refractivity contribution is 0.412. The van der Waals surface area contributed by atoms with Gasteiger partial charge in [0.25, 0.3) is 0 Å². The second-order valence-corrected chi connectivity index (χ2v) is 5.78. The summed E-state index contributed by atoms with van der Waals surface area (Å²) >= 11 is 0. The predicted octanol–water partition coefficient (Wildman–Crippen LogP) is 3.50. The molecule has 1 heterocycles. The number of aryl methyl sites for hydroxylation is 1. The van der Waals surface area contributed by atoms with Crippen molar-refractivity contribution in [2.75, 3.05) is 7.11 Å². The Hall–Kier alpha value is -2.82. The molecule has 3 rings (SSSR count). The van der Waals surface area contributed by atoms with Crippen molar-refractivity contribution in [1.82, 2.24) is 14.8 Å². The molecule has 0 radical (unpaired) electrons. The number of ether oxygens (including phenoxy) is 1. The predicted molar refractivity (Wildman–Crippen MR) is 96.9 cm³/mol. The minimum absolute atomic E-state index is 0.692. The van der Waals surface area contributed by atoms with E-state index in [1.54, 1.807) is 13.2 Å². The van der Waals surface area contributed by atoms with Gasteiger partial charge >= 0.3 is 0 Å². The molecule has 0 unspecified atom stereocenters. The smallest absolute Gasteiger partial charge is 0.165 e. The molecule has 2 N–H and O–H groups in total. The molecule has 0 fully saturated rings. The lowest BCUT2D eigenvalue weighted by atomic mass is 10.1. The van der Waals surface area contributed by atoms with Crippen LogP contribution >= 0.6 is 0 Å². The average molecular weight is 322 g/mol. The molecule has 0 amide bonds. The highest BCUT2D eigenvalue weighted by atomic mass is 16.5. The zero-order valence-electron chi connectivity index (χ0n) is 14.3. The van der Waals surface area contributed by atoms with Crippen molar-refractivity contribution in [3.8, 4) is 11.4 Å². The third-order valence-electron chi connectivity index (χ3n) is 4.17. The Morgan fingerprint density at radius 3 is 2.75 bits per heavy atom. The van der Waals surface area contributed by atoms with Crippen molar-refractivity contribution in [2.45, 2.75) is 26.7 Å². The maximum absolute atomic E-state index is 5.62.